The Bertz CT molecular complexity index is 338. The van der Waals surface area contributed by atoms with Crippen LogP contribution in [0.3, 0.4) is 0 Å². The van der Waals surface area contributed by atoms with Crippen molar-refractivity contribution in [3.8, 4) is 0 Å². The Hall–Kier alpha value is -1.10. The van der Waals surface area contributed by atoms with E-state index in [2.05, 4.69) is 19.2 Å². The molecule has 1 unspecified atom stereocenters. The maximum absolute atomic E-state index is 12.1. The summed E-state index contributed by atoms with van der Waals surface area (Å²) in [5.41, 5.74) is 5.64. The van der Waals surface area contributed by atoms with Gasteiger partial charge in [-0.1, -0.05) is 27.7 Å². The van der Waals surface area contributed by atoms with Crippen LogP contribution >= 0.6 is 0 Å². The first kappa shape index (κ1) is 19.9. The molecule has 0 rings (SSSR count). The van der Waals surface area contributed by atoms with Crippen LogP contribution in [-0.4, -0.2) is 43.4 Å². The lowest BCUT2D eigenvalue weighted by Gasteiger charge is -2.26. The molecule has 0 aromatic heterocycles. The van der Waals surface area contributed by atoms with Crippen molar-refractivity contribution in [3.63, 3.8) is 0 Å². The average Bonchev–Trinajstić information content (AvgIpc) is 2.34. The molecule has 0 spiro atoms. The van der Waals surface area contributed by atoms with Crippen LogP contribution in [0.5, 0.6) is 0 Å². The van der Waals surface area contributed by atoms with Crippen LogP contribution in [0.25, 0.3) is 0 Å². The van der Waals surface area contributed by atoms with Gasteiger partial charge in [-0.15, -0.1) is 0 Å². The van der Waals surface area contributed by atoms with Gasteiger partial charge < -0.3 is 16.0 Å². The summed E-state index contributed by atoms with van der Waals surface area (Å²) in [6.45, 7) is 8.95. The minimum Gasteiger partial charge on any atom is -0.347 e. The normalized spacial score (nSPS) is 13.1. The number of likely N-dealkylation sites (N-methyl/N-ethyl adjacent to an activating group) is 1. The van der Waals surface area contributed by atoms with E-state index in [1.54, 1.807) is 14.1 Å². The quantitative estimate of drug-likeness (QED) is 0.681. The van der Waals surface area contributed by atoms with Crippen molar-refractivity contribution >= 4 is 11.8 Å². The highest BCUT2D eigenvalue weighted by Gasteiger charge is 2.24. The van der Waals surface area contributed by atoms with E-state index in [1.165, 1.54) is 4.90 Å². The summed E-state index contributed by atoms with van der Waals surface area (Å²) in [6, 6.07) is -0.426. The van der Waals surface area contributed by atoms with Gasteiger partial charge in [0.15, 0.2) is 0 Å². The van der Waals surface area contributed by atoms with Gasteiger partial charge >= 0.3 is 0 Å². The number of hydrogen-bond acceptors (Lipinski definition) is 3. The monoisotopic (exact) mass is 299 g/mol. The van der Waals surface area contributed by atoms with Crippen LogP contribution in [0, 0.1) is 11.3 Å². The highest BCUT2D eigenvalue weighted by atomic mass is 16.2. The molecule has 0 aromatic carbocycles. The van der Waals surface area contributed by atoms with Crippen LogP contribution in [0.1, 0.15) is 53.4 Å². The van der Waals surface area contributed by atoms with Gasteiger partial charge in [0.25, 0.3) is 0 Å². The van der Waals surface area contributed by atoms with Crippen LogP contribution in [0.4, 0.5) is 0 Å². The Kier molecular flexibility index (Phi) is 8.55. The molecular formula is C16H33N3O2. The number of nitrogens with two attached hydrogens (primary N) is 1. The lowest BCUT2D eigenvalue weighted by Crippen LogP contribution is -2.47. The van der Waals surface area contributed by atoms with Gasteiger partial charge in [0.1, 0.15) is 6.04 Å². The molecule has 2 amide bonds. The molecule has 0 saturated carbocycles. The predicted octanol–water partition coefficient (Wildman–Crippen LogP) is 1.76. The van der Waals surface area contributed by atoms with Gasteiger partial charge in [0, 0.05) is 20.5 Å². The second kappa shape index (κ2) is 9.03. The van der Waals surface area contributed by atoms with E-state index in [9.17, 15) is 9.59 Å². The maximum Gasteiger partial charge on any atom is 0.244 e. The summed E-state index contributed by atoms with van der Waals surface area (Å²) >= 11 is 0. The summed E-state index contributed by atoms with van der Waals surface area (Å²) in [4.78, 5) is 25.7. The second-order valence-corrected chi connectivity index (χ2v) is 7.19. The van der Waals surface area contributed by atoms with Gasteiger partial charge in [-0.2, -0.15) is 0 Å². The van der Waals surface area contributed by atoms with E-state index in [4.69, 9.17) is 5.73 Å². The number of amides is 2. The highest BCUT2D eigenvalue weighted by molar-refractivity contribution is 5.87. The molecular weight excluding hydrogens is 266 g/mol. The average molecular weight is 299 g/mol. The number of nitrogens with one attached hydrogen (secondary N) is 1. The van der Waals surface area contributed by atoms with Crippen molar-refractivity contribution in [1.29, 1.82) is 0 Å². The molecule has 1 atom stereocenters. The second-order valence-electron chi connectivity index (χ2n) is 7.19. The highest BCUT2D eigenvalue weighted by Crippen LogP contribution is 2.25. The Labute approximate surface area is 129 Å². The summed E-state index contributed by atoms with van der Waals surface area (Å²) < 4.78 is 0. The Morgan fingerprint density at radius 3 is 2.19 bits per heavy atom. The van der Waals surface area contributed by atoms with Crippen molar-refractivity contribution in [1.82, 2.24) is 10.2 Å². The molecule has 124 valence electrons. The standard InChI is InChI=1S/C16H33N3O2/c1-12(2)11-13(15(21)19(5)6)18-14(20)7-8-16(3,4)9-10-17/h12-13H,7-11,17H2,1-6H3,(H,18,20). The molecule has 5 heteroatoms. The fourth-order valence-electron chi connectivity index (χ4n) is 2.24. The number of nitrogens with zero attached hydrogens (tertiary/aromatic N) is 1. The van der Waals surface area contributed by atoms with E-state index >= 15 is 0 Å². The molecule has 0 aliphatic rings. The zero-order valence-electron chi connectivity index (χ0n) is 14.5. The van der Waals surface area contributed by atoms with Crippen LogP contribution in [-0.2, 0) is 9.59 Å². The largest absolute Gasteiger partial charge is 0.347 e. The van der Waals surface area contributed by atoms with Gasteiger partial charge in [-0.3, -0.25) is 9.59 Å². The van der Waals surface area contributed by atoms with Gasteiger partial charge in [0.2, 0.25) is 11.8 Å². The first-order valence-corrected chi connectivity index (χ1v) is 7.79. The van der Waals surface area contributed by atoms with Crippen molar-refractivity contribution in [2.24, 2.45) is 17.1 Å². The lowest BCUT2D eigenvalue weighted by atomic mass is 9.84. The van der Waals surface area contributed by atoms with Gasteiger partial charge in [-0.25, -0.2) is 0 Å². The van der Waals surface area contributed by atoms with Crippen LogP contribution in [0.15, 0.2) is 0 Å². The van der Waals surface area contributed by atoms with Crippen molar-refractivity contribution in [2.75, 3.05) is 20.6 Å². The number of carbonyl (C=O) groups excluding carboxylic acids is 2. The van der Waals surface area contributed by atoms with Crippen LogP contribution in [0.2, 0.25) is 0 Å². The molecule has 0 heterocycles. The Morgan fingerprint density at radius 1 is 1.19 bits per heavy atom. The SMILES string of the molecule is CC(C)CC(NC(=O)CCC(C)(C)CCN)C(=O)N(C)C. The molecule has 0 bridgehead atoms. The third kappa shape index (κ3) is 8.71. The first-order valence-electron chi connectivity index (χ1n) is 7.79. The third-order valence-electron chi connectivity index (χ3n) is 3.63. The Morgan fingerprint density at radius 2 is 1.76 bits per heavy atom. The first-order chi connectivity index (χ1) is 9.59. The summed E-state index contributed by atoms with van der Waals surface area (Å²) in [6.07, 6.45) is 2.77. The minimum absolute atomic E-state index is 0.0433. The third-order valence-corrected chi connectivity index (χ3v) is 3.63. The molecule has 0 fully saturated rings. The van der Waals surface area contributed by atoms with E-state index in [1.807, 2.05) is 13.8 Å². The van der Waals surface area contributed by atoms with E-state index in [0.717, 1.165) is 12.8 Å². The molecule has 3 N–H and O–H groups in total. The molecule has 0 aliphatic carbocycles. The Balaban J connectivity index is 4.50. The van der Waals surface area contributed by atoms with Crippen LogP contribution < -0.4 is 11.1 Å². The summed E-state index contributed by atoms with van der Waals surface area (Å²) in [7, 11) is 3.43. The fourth-order valence-corrected chi connectivity index (χ4v) is 2.24. The topological polar surface area (TPSA) is 75.4 Å². The molecule has 0 aliphatic heterocycles. The molecule has 0 saturated heterocycles. The fraction of sp³-hybridized carbons (Fsp3) is 0.875. The summed E-state index contributed by atoms with van der Waals surface area (Å²) in [5, 5.41) is 2.88. The predicted molar refractivity (Wildman–Crippen MR) is 86.8 cm³/mol. The number of hydrogen-bond donors (Lipinski definition) is 2. The van der Waals surface area contributed by atoms with Crippen molar-refractivity contribution < 1.29 is 9.59 Å². The van der Waals surface area contributed by atoms with E-state index in [0.29, 0.717) is 25.3 Å². The molecule has 0 aromatic rings. The summed E-state index contributed by atoms with van der Waals surface area (Å²) in [5.74, 6) is 0.257. The molecule has 5 nitrogen and oxygen atoms in total. The zero-order chi connectivity index (χ0) is 16.6. The van der Waals surface area contributed by atoms with Gasteiger partial charge in [-0.05, 0) is 37.1 Å². The maximum atomic E-state index is 12.1. The minimum atomic E-state index is -0.426. The molecule has 21 heavy (non-hydrogen) atoms. The molecule has 0 radical (unpaired) electrons. The van der Waals surface area contributed by atoms with E-state index < -0.39 is 6.04 Å². The van der Waals surface area contributed by atoms with E-state index in [-0.39, 0.29) is 17.2 Å². The van der Waals surface area contributed by atoms with Crippen molar-refractivity contribution in [2.45, 2.75) is 59.4 Å². The smallest absolute Gasteiger partial charge is 0.244 e. The zero-order valence-corrected chi connectivity index (χ0v) is 14.5. The number of rotatable bonds is 9. The number of carbonyl (C=O) groups is 2. The van der Waals surface area contributed by atoms with Gasteiger partial charge in [0.05, 0.1) is 0 Å². The van der Waals surface area contributed by atoms with Crippen molar-refractivity contribution in [3.05, 3.63) is 0 Å². The lowest BCUT2D eigenvalue weighted by molar-refractivity contribution is -0.135.